The van der Waals surface area contributed by atoms with Crippen LogP contribution in [0.15, 0.2) is 24.5 Å². The number of carbonyl (C=O) groups is 1. The maximum Gasteiger partial charge on any atom is 0.305 e. The first kappa shape index (κ1) is 13.6. The summed E-state index contributed by atoms with van der Waals surface area (Å²) >= 11 is 0. The Hall–Kier alpha value is -1.42. The van der Waals surface area contributed by atoms with Crippen molar-refractivity contribution in [3.05, 3.63) is 30.1 Å². The highest BCUT2D eigenvalue weighted by Gasteiger charge is 2.05. The van der Waals surface area contributed by atoms with E-state index in [0.717, 1.165) is 26.1 Å². The molecule has 4 heteroatoms. The molecule has 4 nitrogen and oxygen atoms in total. The van der Waals surface area contributed by atoms with Gasteiger partial charge in [-0.3, -0.25) is 14.7 Å². The molecule has 0 amide bonds. The molecule has 0 fully saturated rings. The van der Waals surface area contributed by atoms with Crippen molar-refractivity contribution in [1.82, 2.24) is 9.88 Å². The lowest BCUT2D eigenvalue weighted by atomic mass is 10.2. The number of aromatic nitrogens is 1. The highest BCUT2D eigenvalue weighted by Crippen LogP contribution is 2.04. The van der Waals surface area contributed by atoms with Crippen LogP contribution in [0.3, 0.4) is 0 Å². The van der Waals surface area contributed by atoms with Crippen molar-refractivity contribution in [3.63, 3.8) is 0 Å². The molecule has 17 heavy (non-hydrogen) atoms. The first-order chi connectivity index (χ1) is 8.26. The molecule has 1 heterocycles. The van der Waals surface area contributed by atoms with Gasteiger partial charge >= 0.3 is 5.97 Å². The number of nitrogens with zero attached hydrogens (tertiary/aromatic N) is 2. The molecule has 0 aromatic carbocycles. The van der Waals surface area contributed by atoms with Crippen LogP contribution in [0.5, 0.6) is 0 Å². The highest BCUT2D eigenvalue weighted by molar-refractivity contribution is 5.69. The SMILES string of the molecule is CCN(CCCC(=O)OC)Cc1ccncc1. The third-order valence-electron chi connectivity index (χ3n) is 2.69. The lowest BCUT2D eigenvalue weighted by Gasteiger charge is -2.19. The normalized spacial score (nSPS) is 10.5. The van der Waals surface area contributed by atoms with Gasteiger partial charge < -0.3 is 4.74 Å². The predicted molar refractivity (Wildman–Crippen MR) is 66.4 cm³/mol. The number of hydrogen-bond donors (Lipinski definition) is 0. The second kappa shape index (κ2) is 7.79. The highest BCUT2D eigenvalue weighted by atomic mass is 16.5. The molecule has 0 saturated heterocycles. The van der Waals surface area contributed by atoms with Crippen LogP contribution >= 0.6 is 0 Å². The molecule has 0 aliphatic rings. The summed E-state index contributed by atoms with van der Waals surface area (Å²) < 4.78 is 4.62. The molecular weight excluding hydrogens is 216 g/mol. The van der Waals surface area contributed by atoms with Crippen LogP contribution in [0.4, 0.5) is 0 Å². The van der Waals surface area contributed by atoms with Gasteiger partial charge in [0.05, 0.1) is 7.11 Å². The summed E-state index contributed by atoms with van der Waals surface area (Å²) in [4.78, 5) is 17.3. The Bertz CT molecular complexity index is 327. The van der Waals surface area contributed by atoms with Crippen LogP contribution in [0.2, 0.25) is 0 Å². The Labute approximate surface area is 103 Å². The van der Waals surface area contributed by atoms with E-state index >= 15 is 0 Å². The van der Waals surface area contributed by atoms with Gasteiger partial charge in [0, 0.05) is 25.4 Å². The Kier molecular flexibility index (Phi) is 6.25. The fraction of sp³-hybridized carbons (Fsp3) is 0.538. The van der Waals surface area contributed by atoms with E-state index < -0.39 is 0 Å². The molecule has 0 aliphatic carbocycles. The maximum atomic E-state index is 11.0. The molecule has 1 aromatic rings. The Balaban J connectivity index is 2.31. The fourth-order valence-electron chi connectivity index (χ4n) is 1.64. The van der Waals surface area contributed by atoms with Gasteiger partial charge in [-0.25, -0.2) is 0 Å². The van der Waals surface area contributed by atoms with E-state index in [-0.39, 0.29) is 5.97 Å². The second-order valence-corrected chi connectivity index (χ2v) is 3.90. The third kappa shape index (κ3) is 5.45. The minimum absolute atomic E-state index is 0.134. The number of methoxy groups -OCH3 is 1. The first-order valence-electron chi connectivity index (χ1n) is 5.94. The van der Waals surface area contributed by atoms with Gasteiger partial charge in [-0.2, -0.15) is 0 Å². The molecule has 94 valence electrons. The van der Waals surface area contributed by atoms with E-state index in [1.165, 1.54) is 12.7 Å². The average Bonchev–Trinajstić information content (AvgIpc) is 2.38. The molecule has 0 spiro atoms. The van der Waals surface area contributed by atoms with Gasteiger partial charge in [-0.1, -0.05) is 6.92 Å². The van der Waals surface area contributed by atoms with Crippen molar-refractivity contribution in [2.24, 2.45) is 0 Å². The summed E-state index contributed by atoms with van der Waals surface area (Å²) in [6, 6.07) is 4.03. The van der Waals surface area contributed by atoms with Gasteiger partial charge in [-0.05, 0) is 37.2 Å². The van der Waals surface area contributed by atoms with E-state index in [4.69, 9.17) is 0 Å². The molecule has 0 unspecified atom stereocenters. The van der Waals surface area contributed by atoms with Crippen molar-refractivity contribution < 1.29 is 9.53 Å². The Morgan fingerprint density at radius 1 is 1.41 bits per heavy atom. The number of carbonyl (C=O) groups excluding carboxylic acids is 1. The van der Waals surface area contributed by atoms with E-state index in [1.807, 2.05) is 12.1 Å². The van der Waals surface area contributed by atoms with E-state index in [0.29, 0.717) is 6.42 Å². The molecular formula is C13H20N2O2. The quantitative estimate of drug-likeness (QED) is 0.678. The smallest absolute Gasteiger partial charge is 0.305 e. The number of hydrogen-bond acceptors (Lipinski definition) is 4. The average molecular weight is 236 g/mol. The minimum Gasteiger partial charge on any atom is -0.469 e. The van der Waals surface area contributed by atoms with Crippen LogP contribution in [0.1, 0.15) is 25.3 Å². The topological polar surface area (TPSA) is 42.4 Å². The number of esters is 1. The minimum atomic E-state index is -0.134. The molecule has 0 atom stereocenters. The van der Waals surface area contributed by atoms with Crippen molar-refractivity contribution in [2.75, 3.05) is 20.2 Å². The van der Waals surface area contributed by atoms with Crippen LogP contribution in [-0.2, 0) is 16.1 Å². The van der Waals surface area contributed by atoms with Crippen molar-refractivity contribution in [1.29, 1.82) is 0 Å². The lowest BCUT2D eigenvalue weighted by molar-refractivity contribution is -0.140. The molecule has 0 radical (unpaired) electrons. The summed E-state index contributed by atoms with van der Waals surface area (Å²) in [5.74, 6) is -0.134. The zero-order valence-electron chi connectivity index (χ0n) is 10.6. The summed E-state index contributed by atoms with van der Waals surface area (Å²) in [5.41, 5.74) is 1.25. The summed E-state index contributed by atoms with van der Waals surface area (Å²) in [5, 5.41) is 0. The number of ether oxygens (including phenoxy) is 1. The monoisotopic (exact) mass is 236 g/mol. The molecule has 1 rings (SSSR count). The van der Waals surface area contributed by atoms with Crippen LogP contribution in [0.25, 0.3) is 0 Å². The van der Waals surface area contributed by atoms with Crippen LogP contribution < -0.4 is 0 Å². The van der Waals surface area contributed by atoms with Crippen molar-refractivity contribution in [3.8, 4) is 0 Å². The zero-order valence-corrected chi connectivity index (χ0v) is 10.6. The first-order valence-corrected chi connectivity index (χ1v) is 5.94. The standard InChI is InChI=1S/C13H20N2O2/c1-3-15(10-4-5-13(16)17-2)11-12-6-8-14-9-7-12/h6-9H,3-5,10-11H2,1-2H3. The molecule has 1 aromatic heterocycles. The molecule has 0 N–H and O–H groups in total. The summed E-state index contributed by atoms with van der Waals surface area (Å²) in [6.07, 6.45) is 4.93. The largest absolute Gasteiger partial charge is 0.469 e. The summed E-state index contributed by atoms with van der Waals surface area (Å²) in [6.45, 7) is 4.91. The lowest BCUT2D eigenvalue weighted by Crippen LogP contribution is -2.24. The van der Waals surface area contributed by atoms with Gasteiger partial charge in [-0.15, -0.1) is 0 Å². The van der Waals surface area contributed by atoms with Gasteiger partial charge in [0.2, 0.25) is 0 Å². The van der Waals surface area contributed by atoms with E-state index in [9.17, 15) is 4.79 Å². The van der Waals surface area contributed by atoms with Gasteiger partial charge in [0.1, 0.15) is 0 Å². The molecule has 0 bridgehead atoms. The fourth-order valence-corrected chi connectivity index (χ4v) is 1.64. The van der Waals surface area contributed by atoms with E-state index in [1.54, 1.807) is 12.4 Å². The third-order valence-corrected chi connectivity index (χ3v) is 2.69. The number of rotatable bonds is 7. The van der Waals surface area contributed by atoms with Gasteiger partial charge in [0.25, 0.3) is 0 Å². The Morgan fingerprint density at radius 2 is 2.12 bits per heavy atom. The predicted octanol–water partition coefficient (Wildman–Crippen LogP) is 1.86. The van der Waals surface area contributed by atoms with Gasteiger partial charge in [0.15, 0.2) is 0 Å². The molecule has 0 saturated carbocycles. The maximum absolute atomic E-state index is 11.0. The summed E-state index contributed by atoms with van der Waals surface area (Å²) in [7, 11) is 1.43. The zero-order chi connectivity index (χ0) is 12.5. The van der Waals surface area contributed by atoms with Crippen LogP contribution in [0, 0.1) is 0 Å². The Morgan fingerprint density at radius 3 is 2.71 bits per heavy atom. The number of pyridine rings is 1. The molecule has 0 aliphatic heterocycles. The van der Waals surface area contributed by atoms with Crippen molar-refractivity contribution >= 4 is 5.97 Å². The van der Waals surface area contributed by atoms with E-state index in [2.05, 4.69) is 21.5 Å². The van der Waals surface area contributed by atoms with Crippen LogP contribution in [-0.4, -0.2) is 36.1 Å². The second-order valence-electron chi connectivity index (χ2n) is 3.90. The van der Waals surface area contributed by atoms with Crippen molar-refractivity contribution in [2.45, 2.75) is 26.3 Å².